The van der Waals surface area contributed by atoms with E-state index in [9.17, 15) is 4.39 Å². The molecule has 0 spiro atoms. The van der Waals surface area contributed by atoms with Crippen molar-refractivity contribution in [1.82, 2.24) is 14.8 Å². The van der Waals surface area contributed by atoms with Gasteiger partial charge in [0.25, 0.3) is 0 Å². The molecule has 0 amide bonds. The average Bonchev–Trinajstić information content (AvgIpc) is 2.74. The summed E-state index contributed by atoms with van der Waals surface area (Å²) in [4.78, 5) is 0. The maximum atomic E-state index is 12.9. The van der Waals surface area contributed by atoms with Crippen molar-refractivity contribution in [3.63, 3.8) is 0 Å². The Hall–Kier alpha value is -1.75. The molecule has 18 heavy (non-hydrogen) atoms. The van der Waals surface area contributed by atoms with Crippen molar-refractivity contribution >= 4 is 0 Å². The molecule has 2 N–H and O–H groups in total. The lowest BCUT2D eigenvalue weighted by atomic mass is 9.97. The molecule has 2 aromatic rings. The zero-order valence-corrected chi connectivity index (χ0v) is 10.2. The molecule has 0 radical (unpaired) electrons. The van der Waals surface area contributed by atoms with Gasteiger partial charge in [-0.2, -0.15) is 0 Å². The molecule has 1 aliphatic heterocycles. The van der Waals surface area contributed by atoms with Gasteiger partial charge in [0.1, 0.15) is 11.6 Å². The monoisotopic (exact) mass is 246 g/mol. The number of rotatable bonds is 1. The summed E-state index contributed by atoms with van der Waals surface area (Å²) in [5.41, 5.74) is 6.94. The number of halogens is 1. The van der Waals surface area contributed by atoms with Crippen LogP contribution in [0.25, 0.3) is 11.4 Å². The average molecular weight is 246 g/mol. The molecule has 5 heteroatoms. The Morgan fingerprint density at radius 1 is 1.28 bits per heavy atom. The fraction of sp³-hybridized carbons (Fsp3) is 0.385. The summed E-state index contributed by atoms with van der Waals surface area (Å²) in [5.74, 6) is 1.85. The van der Waals surface area contributed by atoms with E-state index >= 15 is 0 Å². The Morgan fingerprint density at radius 3 is 2.72 bits per heavy atom. The highest BCUT2D eigenvalue weighted by Gasteiger charge is 2.26. The van der Waals surface area contributed by atoms with E-state index in [0.717, 1.165) is 30.2 Å². The minimum Gasteiger partial charge on any atom is -0.321 e. The maximum absolute atomic E-state index is 12.9. The predicted molar refractivity (Wildman–Crippen MR) is 66.1 cm³/mol. The van der Waals surface area contributed by atoms with Gasteiger partial charge in [0.15, 0.2) is 5.82 Å². The lowest BCUT2D eigenvalue weighted by molar-refractivity contribution is 0.348. The van der Waals surface area contributed by atoms with E-state index in [0.29, 0.717) is 5.92 Å². The van der Waals surface area contributed by atoms with Crippen molar-refractivity contribution in [2.75, 3.05) is 0 Å². The van der Waals surface area contributed by atoms with Gasteiger partial charge in [-0.15, -0.1) is 10.2 Å². The van der Waals surface area contributed by atoms with E-state index in [1.165, 1.54) is 12.1 Å². The number of aromatic nitrogens is 3. The molecular weight excluding hydrogens is 231 g/mol. The zero-order valence-electron chi connectivity index (χ0n) is 10.2. The summed E-state index contributed by atoms with van der Waals surface area (Å²) in [6.07, 6.45) is 0.932. The highest BCUT2D eigenvalue weighted by Crippen LogP contribution is 2.29. The lowest BCUT2D eigenvalue weighted by Crippen LogP contribution is -2.27. The number of fused-ring (bicyclic) bond motifs is 1. The number of hydrogen-bond acceptors (Lipinski definition) is 3. The van der Waals surface area contributed by atoms with Crippen LogP contribution in [0.3, 0.4) is 0 Å². The standard InChI is InChI=1S/C13H15FN4/c1-8-6-11(15)13-17-16-12(18(13)7-8)9-2-4-10(14)5-3-9/h2-5,8,11H,6-7,15H2,1H3. The number of nitrogens with two attached hydrogens (primary N) is 1. The van der Waals surface area contributed by atoms with Gasteiger partial charge in [0.2, 0.25) is 0 Å². The Bertz CT molecular complexity index is 561. The molecule has 0 aliphatic carbocycles. The second-order valence-electron chi connectivity index (χ2n) is 4.95. The van der Waals surface area contributed by atoms with Gasteiger partial charge in [-0.3, -0.25) is 0 Å². The van der Waals surface area contributed by atoms with E-state index < -0.39 is 0 Å². The van der Waals surface area contributed by atoms with Gasteiger partial charge >= 0.3 is 0 Å². The Labute approximate surface area is 105 Å². The number of hydrogen-bond donors (Lipinski definition) is 1. The van der Waals surface area contributed by atoms with E-state index in [1.54, 1.807) is 12.1 Å². The molecule has 1 aromatic carbocycles. The molecule has 0 fully saturated rings. The van der Waals surface area contributed by atoms with E-state index in [2.05, 4.69) is 17.1 Å². The summed E-state index contributed by atoms with van der Waals surface area (Å²) in [5, 5.41) is 8.36. The first-order chi connectivity index (χ1) is 8.65. The maximum Gasteiger partial charge on any atom is 0.164 e. The van der Waals surface area contributed by atoms with Crippen LogP contribution in [0.15, 0.2) is 24.3 Å². The van der Waals surface area contributed by atoms with Gasteiger partial charge in [-0.05, 0) is 36.6 Å². The highest BCUT2D eigenvalue weighted by atomic mass is 19.1. The third-order valence-electron chi connectivity index (χ3n) is 3.36. The molecule has 94 valence electrons. The van der Waals surface area contributed by atoms with Crippen LogP contribution in [0, 0.1) is 11.7 Å². The molecule has 2 unspecified atom stereocenters. The van der Waals surface area contributed by atoms with E-state index in [1.807, 2.05) is 4.57 Å². The van der Waals surface area contributed by atoms with Gasteiger partial charge in [-0.1, -0.05) is 6.92 Å². The molecule has 1 aliphatic rings. The minimum absolute atomic E-state index is 0.0598. The summed E-state index contributed by atoms with van der Waals surface area (Å²) >= 11 is 0. The molecule has 3 rings (SSSR count). The largest absolute Gasteiger partial charge is 0.321 e. The molecule has 2 atom stereocenters. The van der Waals surface area contributed by atoms with Crippen LogP contribution in [-0.2, 0) is 6.54 Å². The van der Waals surface area contributed by atoms with Crippen LogP contribution in [0.4, 0.5) is 4.39 Å². The van der Waals surface area contributed by atoms with Crippen LogP contribution in [0.5, 0.6) is 0 Å². The fourth-order valence-electron chi connectivity index (χ4n) is 2.51. The van der Waals surface area contributed by atoms with Crippen LogP contribution < -0.4 is 5.73 Å². The van der Waals surface area contributed by atoms with Crippen LogP contribution in [0.1, 0.15) is 25.2 Å². The number of nitrogens with zero attached hydrogens (tertiary/aromatic N) is 3. The summed E-state index contributed by atoms with van der Waals surface area (Å²) in [6.45, 7) is 3.03. The van der Waals surface area contributed by atoms with Gasteiger partial charge in [0, 0.05) is 12.1 Å². The first-order valence-corrected chi connectivity index (χ1v) is 6.10. The molecule has 0 bridgehead atoms. The second kappa shape index (κ2) is 4.17. The highest BCUT2D eigenvalue weighted by molar-refractivity contribution is 5.55. The SMILES string of the molecule is CC1CC(N)c2nnc(-c3ccc(F)cc3)n2C1. The normalized spacial score (nSPS) is 22.8. The summed E-state index contributed by atoms with van der Waals surface area (Å²) in [7, 11) is 0. The summed E-state index contributed by atoms with van der Waals surface area (Å²) < 4.78 is 15.0. The van der Waals surface area contributed by atoms with Crippen molar-refractivity contribution < 1.29 is 4.39 Å². The number of benzene rings is 1. The van der Waals surface area contributed by atoms with Crippen LogP contribution in [-0.4, -0.2) is 14.8 Å². The van der Waals surface area contributed by atoms with E-state index in [4.69, 9.17) is 5.73 Å². The van der Waals surface area contributed by atoms with Crippen molar-refractivity contribution in [1.29, 1.82) is 0 Å². The molecule has 4 nitrogen and oxygen atoms in total. The quantitative estimate of drug-likeness (QED) is 0.838. The first-order valence-electron chi connectivity index (χ1n) is 6.10. The van der Waals surface area contributed by atoms with Crippen molar-refractivity contribution in [3.05, 3.63) is 35.9 Å². The zero-order chi connectivity index (χ0) is 12.7. The van der Waals surface area contributed by atoms with Crippen LogP contribution in [0.2, 0.25) is 0 Å². The smallest absolute Gasteiger partial charge is 0.164 e. The van der Waals surface area contributed by atoms with Crippen LogP contribution >= 0.6 is 0 Å². The molecular formula is C13H15FN4. The third-order valence-corrected chi connectivity index (χ3v) is 3.36. The Balaban J connectivity index is 2.06. The van der Waals surface area contributed by atoms with Gasteiger partial charge in [-0.25, -0.2) is 4.39 Å². The molecule has 2 heterocycles. The molecule has 0 saturated carbocycles. The van der Waals surface area contributed by atoms with Crippen molar-refractivity contribution in [2.45, 2.75) is 25.9 Å². The fourth-order valence-corrected chi connectivity index (χ4v) is 2.51. The van der Waals surface area contributed by atoms with E-state index in [-0.39, 0.29) is 11.9 Å². The molecule has 1 aromatic heterocycles. The Kier molecular flexibility index (Phi) is 2.63. The van der Waals surface area contributed by atoms with Gasteiger partial charge < -0.3 is 10.3 Å². The summed E-state index contributed by atoms with van der Waals surface area (Å²) in [6, 6.07) is 6.25. The first kappa shape index (κ1) is 11.3. The topological polar surface area (TPSA) is 56.7 Å². The van der Waals surface area contributed by atoms with Crippen molar-refractivity contribution in [3.8, 4) is 11.4 Å². The second-order valence-corrected chi connectivity index (χ2v) is 4.95. The van der Waals surface area contributed by atoms with Crippen molar-refractivity contribution in [2.24, 2.45) is 11.7 Å². The predicted octanol–water partition coefficient (Wildman–Crippen LogP) is 2.12. The molecule has 0 saturated heterocycles. The Morgan fingerprint density at radius 2 is 2.00 bits per heavy atom. The third kappa shape index (κ3) is 1.80. The lowest BCUT2D eigenvalue weighted by Gasteiger charge is -2.25. The van der Waals surface area contributed by atoms with Gasteiger partial charge in [0.05, 0.1) is 6.04 Å². The minimum atomic E-state index is -0.248.